The highest BCUT2D eigenvalue weighted by Gasteiger charge is 2.08. The van der Waals surface area contributed by atoms with E-state index in [0.29, 0.717) is 0 Å². The van der Waals surface area contributed by atoms with Crippen LogP contribution in [0.15, 0.2) is 24.3 Å². The van der Waals surface area contributed by atoms with Crippen LogP contribution in [0.2, 0.25) is 0 Å². The minimum Gasteiger partial charge on any atom is -0.508 e. The molecule has 1 amide bonds. The van der Waals surface area contributed by atoms with Gasteiger partial charge in [-0.2, -0.15) is 0 Å². The van der Waals surface area contributed by atoms with Gasteiger partial charge >= 0.3 is 0 Å². The van der Waals surface area contributed by atoms with Gasteiger partial charge in [0.2, 0.25) is 0 Å². The summed E-state index contributed by atoms with van der Waals surface area (Å²) in [5, 5.41) is 11.0. The first kappa shape index (κ1) is 10.4. The number of phenols is 1. The molecule has 0 aliphatic heterocycles. The molecule has 0 bridgehead atoms. The lowest BCUT2D eigenvalue weighted by atomic mass is 10.2. The van der Waals surface area contributed by atoms with Crippen molar-refractivity contribution in [2.24, 2.45) is 0 Å². The summed E-state index contributed by atoms with van der Waals surface area (Å²) < 4.78 is 23.4. The molecule has 0 aromatic heterocycles. The van der Waals surface area contributed by atoms with E-state index >= 15 is 0 Å². The van der Waals surface area contributed by atoms with Crippen molar-refractivity contribution in [3.8, 4) is 5.75 Å². The molecule has 3 nitrogen and oxygen atoms in total. The SMILES string of the molecule is O=C(NCC(F)F)c1ccc(O)cc1. The van der Waals surface area contributed by atoms with E-state index in [-0.39, 0.29) is 11.3 Å². The fraction of sp³-hybridized carbons (Fsp3) is 0.222. The van der Waals surface area contributed by atoms with Crippen molar-refractivity contribution in [1.82, 2.24) is 5.32 Å². The van der Waals surface area contributed by atoms with Crippen molar-refractivity contribution in [2.75, 3.05) is 6.54 Å². The normalized spacial score (nSPS) is 10.2. The smallest absolute Gasteiger partial charge is 0.255 e. The molecule has 76 valence electrons. The summed E-state index contributed by atoms with van der Waals surface area (Å²) in [6.45, 7) is -0.667. The number of rotatable bonds is 3. The molecule has 0 saturated carbocycles. The van der Waals surface area contributed by atoms with E-state index in [1.54, 1.807) is 0 Å². The predicted molar refractivity (Wildman–Crippen MR) is 46.4 cm³/mol. The van der Waals surface area contributed by atoms with Crippen LogP contribution in [0.3, 0.4) is 0 Å². The zero-order chi connectivity index (χ0) is 10.6. The molecule has 0 heterocycles. The first-order valence-electron chi connectivity index (χ1n) is 3.95. The van der Waals surface area contributed by atoms with E-state index in [1.165, 1.54) is 24.3 Å². The Morgan fingerprint density at radius 1 is 1.36 bits per heavy atom. The van der Waals surface area contributed by atoms with Gasteiger partial charge in [-0.05, 0) is 24.3 Å². The largest absolute Gasteiger partial charge is 0.508 e. The minimum atomic E-state index is -2.56. The van der Waals surface area contributed by atoms with Gasteiger partial charge in [-0.3, -0.25) is 4.79 Å². The van der Waals surface area contributed by atoms with Crippen LogP contribution in [0, 0.1) is 0 Å². The average Bonchev–Trinajstić information content (AvgIpc) is 2.15. The molecule has 1 aromatic carbocycles. The highest BCUT2D eigenvalue weighted by molar-refractivity contribution is 5.94. The lowest BCUT2D eigenvalue weighted by Gasteiger charge is -2.03. The lowest BCUT2D eigenvalue weighted by Crippen LogP contribution is -2.28. The van der Waals surface area contributed by atoms with Crippen molar-refractivity contribution in [3.05, 3.63) is 29.8 Å². The van der Waals surface area contributed by atoms with E-state index in [1.807, 2.05) is 5.32 Å². The van der Waals surface area contributed by atoms with Crippen LogP contribution in [0.4, 0.5) is 8.78 Å². The van der Waals surface area contributed by atoms with E-state index in [9.17, 15) is 13.6 Å². The summed E-state index contributed by atoms with van der Waals surface area (Å²) >= 11 is 0. The van der Waals surface area contributed by atoms with Gasteiger partial charge in [0.15, 0.2) is 0 Å². The molecule has 0 radical (unpaired) electrons. The van der Waals surface area contributed by atoms with Gasteiger partial charge in [-0.15, -0.1) is 0 Å². The Hall–Kier alpha value is -1.65. The van der Waals surface area contributed by atoms with Crippen molar-refractivity contribution in [1.29, 1.82) is 0 Å². The maximum Gasteiger partial charge on any atom is 0.255 e. The molecular formula is C9H9F2NO2. The molecule has 0 saturated heterocycles. The number of halogens is 2. The van der Waals surface area contributed by atoms with Gasteiger partial charge in [0.05, 0.1) is 6.54 Å². The number of carbonyl (C=O) groups is 1. The molecule has 1 rings (SSSR count). The first-order valence-corrected chi connectivity index (χ1v) is 3.95. The summed E-state index contributed by atoms with van der Waals surface area (Å²) in [5.74, 6) is -0.555. The monoisotopic (exact) mass is 201 g/mol. The second-order valence-electron chi connectivity index (χ2n) is 2.65. The lowest BCUT2D eigenvalue weighted by molar-refractivity contribution is 0.0891. The van der Waals surface area contributed by atoms with Gasteiger partial charge in [0.25, 0.3) is 12.3 Å². The number of nitrogens with one attached hydrogen (secondary N) is 1. The fourth-order valence-electron chi connectivity index (χ4n) is 0.885. The van der Waals surface area contributed by atoms with Crippen molar-refractivity contribution < 1.29 is 18.7 Å². The average molecular weight is 201 g/mol. The number of carbonyl (C=O) groups excluding carboxylic acids is 1. The predicted octanol–water partition coefficient (Wildman–Crippen LogP) is 1.39. The minimum absolute atomic E-state index is 0.0235. The number of hydrogen-bond donors (Lipinski definition) is 2. The first-order chi connectivity index (χ1) is 6.59. The number of benzene rings is 1. The van der Waals surface area contributed by atoms with E-state index in [0.717, 1.165) is 0 Å². The van der Waals surface area contributed by atoms with Crippen molar-refractivity contribution in [2.45, 2.75) is 6.43 Å². The zero-order valence-corrected chi connectivity index (χ0v) is 7.21. The van der Waals surface area contributed by atoms with Gasteiger partial charge in [-0.25, -0.2) is 8.78 Å². The van der Waals surface area contributed by atoms with Gasteiger partial charge in [0.1, 0.15) is 5.75 Å². The van der Waals surface area contributed by atoms with Crippen LogP contribution >= 0.6 is 0 Å². The van der Waals surface area contributed by atoms with Crippen LogP contribution in [0.1, 0.15) is 10.4 Å². The molecule has 5 heteroatoms. The van der Waals surface area contributed by atoms with Gasteiger partial charge in [-0.1, -0.05) is 0 Å². The number of phenolic OH excluding ortho intramolecular Hbond substituents is 1. The molecular weight excluding hydrogens is 192 g/mol. The summed E-state index contributed by atoms with van der Waals surface area (Å²) in [6, 6.07) is 5.35. The van der Waals surface area contributed by atoms with Gasteiger partial charge in [0, 0.05) is 5.56 Å². The Balaban J connectivity index is 2.57. The third kappa shape index (κ3) is 3.01. The third-order valence-electron chi connectivity index (χ3n) is 1.55. The second kappa shape index (κ2) is 4.55. The summed E-state index contributed by atoms with van der Waals surface area (Å²) in [7, 11) is 0. The van der Waals surface area contributed by atoms with Crippen LogP contribution < -0.4 is 5.32 Å². The van der Waals surface area contributed by atoms with Crippen molar-refractivity contribution >= 4 is 5.91 Å². The molecule has 0 fully saturated rings. The number of hydrogen-bond acceptors (Lipinski definition) is 2. The highest BCUT2D eigenvalue weighted by Crippen LogP contribution is 2.09. The fourth-order valence-corrected chi connectivity index (χ4v) is 0.885. The zero-order valence-electron chi connectivity index (χ0n) is 7.21. The Kier molecular flexibility index (Phi) is 3.39. The molecule has 2 N–H and O–H groups in total. The molecule has 1 aromatic rings. The van der Waals surface area contributed by atoms with Crippen LogP contribution in [-0.2, 0) is 0 Å². The van der Waals surface area contributed by atoms with Crippen molar-refractivity contribution in [3.63, 3.8) is 0 Å². The molecule has 0 unspecified atom stereocenters. The quantitative estimate of drug-likeness (QED) is 0.776. The topological polar surface area (TPSA) is 49.3 Å². The third-order valence-corrected chi connectivity index (χ3v) is 1.55. The maximum atomic E-state index is 11.7. The van der Waals surface area contributed by atoms with Crippen LogP contribution in [-0.4, -0.2) is 24.0 Å². The molecule has 0 spiro atoms. The Labute approximate surface area is 79.4 Å². The Morgan fingerprint density at radius 3 is 2.43 bits per heavy atom. The summed E-state index contributed by atoms with van der Waals surface area (Å²) in [4.78, 5) is 11.1. The standard InChI is InChI=1S/C9H9F2NO2/c10-8(11)5-12-9(14)6-1-3-7(13)4-2-6/h1-4,8,13H,5H2,(H,12,14). The molecule has 0 atom stereocenters. The number of alkyl halides is 2. The maximum absolute atomic E-state index is 11.7. The molecule has 14 heavy (non-hydrogen) atoms. The number of aromatic hydroxyl groups is 1. The van der Waals surface area contributed by atoms with Crippen LogP contribution in [0.25, 0.3) is 0 Å². The van der Waals surface area contributed by atoms with E-state index < -0.39 is 18.9 Å². The van der Waals surface area contributed by atoms with E-state index in [4.69, 9.17) is 5.11 Å². The second-order valence-corrected chi connectivity index (χ2v) is 2.65. The Bertz CT molecular complexity index is 311. The summed E-state index contributed by atoms with van der Waals surface area (Å²) in [5.41, 5.74) is 0.239. The Morgan fingerprint density at radius 2 is 1.93 bits per heavy atom. The highest BCUT2D eigenvalue weighted by atomic mass is 19.3. The molecule has 0 aliphatic carbocycles. The van der Waals surface area contributed by atoms with Gasteiger partial charge < -0.3 is 10.4 Å². The summed E-state index contributed by atoms with van der Waals surface area (Å²) in [6.07, 6.45) is -2.56. The van der Waals surface area contributed by atoms with Crippen LogP contribution in [0.5, 0.6) is 5.75 Å². The van der Waals surface area contributed by atoms with E-state index in [2.05, 4.69) is 0 Å². The number of amides is 1. The molecule has 0 aliphatic rings.